The van der Waals surface area contributed by atoms with Gasteiger partial charge in [-0.05, 0) is 35.5 Å². The minimum atomic E-state index is -2.34. The number of aliphatic hydroxyl groups is 4. The Morgan fingerprint density at radius 2 is 1.41 bits per heavy atom. The van der Waals surface area contributed by atoms with Gasteiger partial charge in [0.05, 0.1) is 6.42 Å². The zero-order valence-electron chi connectivity index (χ0n) is 11.1. The van der Waals surface area contributed by atoms with E-state index in [9.17, 15) is 24.9 Å². The van der Waals surface area contributed by atoms with Crippen LogP contribution in [0.15, 0.2) is 0 Å². The zero-order chi connectivity index (χ0) is 17.1. The first-order chi connectivity index (χ1) is 10.3. The molecule has 4 atom stereocenters. The quantitative estimate of drug-likeness (QED) is 0.390. The van der Waals surface area contributed by atoms with Gasteiger partial charge >= 0.3 is 5.97 Å². The number of hydrogen-bond donors (Lipinski definition) is 5. The fraction of sp³-hybridized carbons (Fsp3) is 0.333. The van der Waals surface area contributed by atoms with Crippen LogP contribution in [0.5, 0.6) is 0 Å². The number of hydrogen-bond acceptors (Lipinski definition) is 6. The molecule has 0 spiro atoms. The van der Waals surface area contributed by atoms with Crippen LogP contribution in [0.2, 0.25) is 0 Å². The molecule has 0 aromatic heterocycles. The van der Waals surface area contributed by atoms with E-state index in [2.05, 4.69) is 35.5 Å². The largest absolute Gasteiger partial charge is 0.479 e. The highest BCUT2D eigenvalue weighted by molar-refractivity contribution is 5.86. The molecule has 0 fully saturated rings. The van der Waals surface area contributed by atoms with E-state index in [-0.39, 0.29) is 9.99 Å². The number of aliphatic hydroxyl groups excluding tert-OH is 4. The van der Waals surface area contributed by atoms with Crippen LogP contribution in [-0.2, 0) is 9.59 Å². The maximum Gasteiger partial charge on any atom is 0.335 e. The number of rotatable bonds is 6. The van der Waals surface area contributed by atoms with Crippen LogP contribution < -0.4 is 0 Å². The Labute approximate surface area is 137 Å². The van der Waals surface area contributed by atoms with Crippen molar-refractivity contribution in [2.24, 2.45) is 0 Å². The fourth-order valence-electron chi connectivity index (χ4n) is 1.12. The summed E-state index contributed by atoms with van der Waals surface area (Å²) in [6.45, 7) is 0. The third kappa shape index (κ3) is 6.59. The SMILES string of the molecule is C#CC#CC#CC#CCC(=O)[C@@H](O)[C@H](O)[C@@H](O)[C@@H](O)C(=O)O.[HH].[HH].[HH].[HH].[HH].[HH].[HH]. The normalized spacial score (nSPS) is 14.1. The molecule has 0 bridgehead atoms. The molecule has 0 radical (unpaired) electrons. The number of terminal acetylenes is 1. The highest BCUT2D eigenvalue weighted by Crippen LogP contribution is 2.07. The number of carboxylic acid groups (broad SMARTS) is 1. The van der Waals surface area contributed by atoms with Crippen molar-refractivity contribution >= 4 is 11.8 Å². The lowest BCUT2D eigenvalue weighted by Gasteiger charge is -2.23. The monoisotopic (exact) mass is 318 g/mol. The zero-order valence-corrected chi connectivity index (χ0v) is 11.1. The summed E-state index contributed by atoms with van der Waals surface area (Å²) in [6.07, 6.45) is -4.53. The lowest BCUT2D eigenvalue weighted by molar-refractivity contribution is -0.165. The molecule has 5 N–H and O–H groups in total. The molecular formula is C15H26O7. The van der Waals surface area contributed by atoms with Gasteiger partial charge in [-0.25, -0.2) is 4.79 Å². The summed E-state index contributed by atoms with van der Waals surface area (Å²) < 4.78 is 0. The first kappa shape index (κ1) is 19.2. The molecule has 0 aliphatic rings. The summed E-state index contributed by atoms with van der Waals surface area (Å²) in [7, 11) is 0. The lowest BCUT2D eigenvalue weighted by Crippen LogP contribution is -2.49. The van der Waals surface area contributed by atoms with Crippen LogP contribution in [0.4, 0.5) is 0 Å². The Morgan fingerprint density at radius 1 is 0.909 bits per heavy atom. The molecule has 7 heteroatoms. The molecule has 22 heavy (non-hydrogen) atoms. The van der Waals surface area contributed by atoms with Crippen LogP contribution in [0.1, 0.15) is 16.4 Å². The summed E-state index contributed by atoms with van der Waals surface area (Å²) in [5.41, 5.74) is 0. The van der Waals surface area contributed by atoms with Crippen LogP contribution in [-0.4, -0.2) is 61.7 Å². The number of carbonyl (C=O) groups is 2. The third-order valence-electron chi connectivity index (χ3n) is 2.25. The van der Waals surface area contributed by atoms with Crippen molar-refractivity contribution in [2.75, 3.05) is 0 Å². The van der Waals surface area contributed by atoms with E-state index in [0.717, 1.165) is 0 Å². The second-order valence-corrected chi connectivity index (χ2v) is 3.80. The van der Waals surface area contributed by atoms with Gasteiger partial charge in [0.25, 0.3) is 0 Å². The molecule has 0 aliphatic carbocycles. The average molecular weight is 318 g/mol. The molecule has 128 valence electrons. The van der Waals surface area contributed by atoms with Crippen molar-refractivity contribution in [1.29, 1.82) is 0 Å². The minimum absolute atomic E-state index is 0. The van der Waals surface area contributed by atoms with Crippen LogP contribution >= 0.6 is 0 Å². The van der Waals surface area contributed by atoms with Crippen LogP contribution in [0, 0.1) is 47.9 Å². The molecule has 0 rings (SSSR count). The van der Waals surface area contributed by atoms with E-state index < -0.39 is 42.6 Å². The summed E-state index contributed by atoms with van der Waals surface area (Å²) in [4.78, 5) is 21.9. The number of carbonyl (C=O) groups excluding carboxylic acids is 1. The standard InChI is InChI=1S/C15H12O7.7H2/c1-2-3-4-5-6-7-8-9-10(16)11(17)12(18)13(19)14(20)15(21)22;;;;;;;/h1,11-14,17-20H,9H2,(H,21,22);7*1H/t11-,12+,13-,14-;;;;;;;/m1......./s1. The van der Waals surface area contributed by atoms with Gasteiger partial charge in [-0.15, -0.1) is 6.42 Å². The molecule has 0 aromatic carbocycles. The summed E-state index contributed by atoms with van der Waals surface area (Å²) in [5, 5.41) is 45.6. The Balaban J connectivity index is -0.000000105. The van der Waals surface area contributed by atoms with Gasteiger partial charge in [-0.2, -0.15) is 0 Å². The summed E-state index contributed by atoms with van der Waals surface area (Å²) >= 11 is 0. The number of aliphatic carboxylic acids is 1. The van der Waals surface area contributed by atoms with Crippen molar-refractivity contribution < 1.29 is 45.1 Å². The molecule has 0 unspecified atom stereocenters. The predicted molar refractivity (Wildman–Crippen MR) is 88.2 cm³/mol. The van der Waals surface area contributed by atoms with Crippen molar-refractivity contribution in [3.8, 4) is 47.9 Å². The van der Waals surface area contributed by atoms with Crippen molar-refractivity contribution in [3.63, 3.8) is 0 Å². The molecule has 0 heterocycles. The number of Topliss-reactive ketones (excluding diaryl/α,β-unsaturated/α-hetero) is 1. The Morgan fingerprint density at radius 3 is 1.95 bits per heavy atom. The second-order valence-electron chi connectivity index (χ2n) is 3.80. The average Bonchev–Trinajstić information content (AvgIpc) is 2.50. The first-order valence-electron chi connectivity index (χ1n) is 5.74. The molecule has 7 nitrogen and oxygen atoms in total. The van der Waals surface area contributed by atoms with Crippen molar-refractivity contribution in [2.45, 2.75) is 30.8 Å². The van der Waals surface area contributed by atoms with Gasteiger partial charge in [0.1, 0.15) is 18.3 Å². The molecular weight excluding hydrogens is 292 g/mol. The number of ketones is 1. The predicted octanol–water partition coefficient (Wildman–Crippen LogP) is -1.16. The molecule has 0 aromatic rings. The number of carboxylic acids is 1. The van der Waals surface area contributed by atoms with Gasteiger partial charge in [0.2, 0.25) is 0 Å². The first-order valence-corrected chi connectivity index (χ1v) is 5.74. The van der Waals surface area contributed by atoms with Gasteiger partial charge in [-0.3, -0.25) is 4.79 Å². The summed E-state index contributed by atoms with van der Waals surface area (Å²) in [5.74, 6) is 12.7. The lowest BCUT2D eigenvalue weighted by atomic mass is 9.99. The highest BCUT2D eigenvalue weighted by atomic mass is 16.4. The summed E-state index contributed by atoms with van der Waals surface area (Å²) in [6, 6.07) is 0. The molecule has 0 saturated heterocycles. The highest BCUT2D eigenvalue weighted by Gasteiger charge is 2.36. The Hall–Kier alpha value is -2.78. The van der Waals surface area contributed by atoms with Gasteiger partial charge < -0.3 is 25.5 Å². The van der Waals surface area contributed by atoms with E-state index in [1.807, 2.05) is 5.92 Å². The second kappa shape index (κ2) is 10.0. The van der Waals surface area contributed by atoms with Gasteiger partial charge in [0, 0.05) is 9.99 Å². The third-order valence-corrected chi connectivity index (χ3v) is 2.25. The van der Waals surface area contributed by atoms with Crippen LogP contribution in [0.25, 0.3) is 0 Å². The topological polar surface area (TPSA) is 135 Å². The maximum atomic E-state index is 11.5. The smallest absolute Gasteiger partial charge is 0.335 e. The van der Waals surface area contributed by atoms with E-state index in [0.29, 0.717) is 0 Å². The van der Waals surface area contributed by atoms with Crippen LogP contribution in [0.3, 0.4) is 0 Å². The fourth-order valence-corrected chi connectivity index (χ4v) is 1.12. The maximum absolute atomic E-state index is 11.5. The van der Waals surface area contributed by atoms with E-state index in [1.54, 1.807) is 0 Å². The van der Waals surface area contributed by atoms with Crippen molar-refractivity contribution in [3.05, 3.63) is 0 Å². The molecule has 0 saturated carbocycles. The van der Waals surface area contributed by atoms with Gasteiger partial charge in [-0.1, -0.05) is 5.92 Å². The van der Waals surface area contributed by atoms with Crippen molar-refractivity contribution in [1.82, 2.24) is 0 Å². The minimum Gasteiger partial charge on any atom is -0.479 e. The molecule has 0 aliphatic heterocycles. The Kier molecular flexibility index (Phi) is 8.75. The van der Waals surface area contributed by atoms with E-state index in [1.165, 1.54) is 0 Å². The van der Waals surface area contributed by atoms with E-state index >= 15 is 0 Å². The molecule has 0 amide bonds. The van der Waals surface area contributed by atoms with Gasteiger partial charge in [0.15, 0.2) is 11.9 Å². The van der Waals surface area contributed by atoms with E-state index in [4.69, 9.17) is 16.6 Å². The Bertz CT molecular complexity index is 662.